The predicted molar refractivity (Wildman–Crippen MR) is 60.9 cm³/mol. The van der Waals surface area contributed by atoms with Crippen LogP contribution in [0.2, 0.25) is 0 Å². The molecule has 8 heteroatoms. The maximum Gasteiger partial charge on any atom is 0.445 e. The highest BCUT2D eigenvalue weighted by Crippen LogP contribution is 2.32. The number of anilines is 1. The highest BCUT2D eigenvalue weighted by atomic mass is 32.1. The third kappa shape index (κ3) is 5.31. The Morgan fingerprint density at radius 3 is 2.41 bits per heavy atom. The summed E-state index contributed by atoms with van der Waals surface area (Å²) in [7, 11) is 0. The number of halogens is 3. The first-order valence-electron chi connectivity index (χ1n) is 5.38. The van der Waals surface area contributed by atoms with Gasteiger partial charge in [-0.2, -0.15) is 13.2 Å². The molecule has 0 fully saturated rings. The summed E-state index contributed by atoms with van der Waals surface area (Å²) in [5.74, 6) is 0. The number of hydrogen-bond acceptors (Lipinski definition) is 5. The predicted octanol–water partition coefficient (Wildman–Crippen LogP) is 2.49. The highest BCUT2D eigenvalue weighted by molar-refractivity contribution is 7.15. The van der Waals surface area contributed by atoms with Crippen molar-refractivity contribution < 1.29 is 13.2 Å². The molecule has 0 saturated carbocycles. The Bertz CT molecular complexity index is 326. The van der Waals surface area contributed by atoms with Crippen molar-refractivity contribution in [2.45, 2.75) is 31.9 Å². The molecule has 98 valence electrons. The van der Waals surface area contributed by atoms with Crippen molar-refractivity contribution >= 4 is 16.5 Å². The van der Waals surface area contributed by atoms with E-state index in [4.69, 9.17) is 5.73 Å². The van der Waals surface area contributed by atoms with Gasteiger partial charge < -0.3 is 11.1 Å². The maximum atomic E-state index is 12.2. The van der Waals surface area contributed by atoms with Crippen molar-refractivity contribution in [2.24, 2.45) is 5.73 Å². The van der Waals surface area contributed by atoms with Crippen LogP contribution in [0.25, 0.3) is 0 Å². The van der Waals surface area contributed by atoms with Crippen LogP contribution in [0.5, 0.6) is 0 Å². The lowest BCUT2D eigenvalue weighted by atomic mass is 10.2. The van der Waals surface area contributed by atoms with E-state index in [9.17, 15) is 13.2 Å². The van der Waals surface area contributed by atoms with Crippen molar-refractivity contribution in [3.8, 4) is 0 Å². The van der Waals surface area contributed by atoms with Crippen LogP contribution in [0.15, 0.2) is 0 Å². The Morgan fingerprint density at radius 1 is 1.12 bits per heavy atom. The first-order chi connectivity index (χ1) is 8.04. The van der Waals surface area contributed by atoms with Gasteiger partial charge in [0.15, 0.2) is 0 Å². The largest absolute Gasteiger partial charge is 0.445 e. The summed E-state index contributed by atoms with van der Waals surface area (Å²) >= 11 is 0.530. The van der Waals surface area contributed by atoms with Crippen LogP contribution in [0.4, 0.5) is 18.3 Å². The summed E-state index contributed by atoms with van der Waals surface area (Å²) in [6, 6.07) is 0. The molecular weight excluding hydrogens is 253 g/mol. The zero-order valence-electron chi connectivity index (χ0n) is 9.26. The standard InChI is InChI=1S/C9H15F3N4S/c10-9(11,12)7-15-16-8(17-7)14-6-4-2-1-3-5-13/h1-6,13H2,(H,14,16). The number of rotatable bonds is 7. The summed E-state index contributed by atoms with van der Waals surface area (Å²) in [4.78, 5) is 0. The molecule has 1 aromatic heterocycles. The minimum Gasteiger partial charge on any atom is -0.360 e. The second-order valence-corrected chi connectivity index (χ2v) is 4.52. The molecule has 1 aromatic rings. The zero-order chi connectivity index (χ0) is 12.7. The molecule has 0 spiro atoms. The maximum absolute atomic E-state index is 12.2. The van der Waals surface area contributed by atoms with Gasteiger partial charge in [-0.1, -0.05) is 24.2 Å². The van der Waals surface area contributed by atoms with E-state index >= 15 is 0 Å². The molecule has 3 N–H and O–H groups in total. The van der Waals surface area contributed by atoms with Gasteiger partial charge in [0, 0.05) is 6.54 Å². The number of nitrogens with zero attached hydrogens (tertiary/aromatic N) is 2. The molecule has 0 aliphatic carbocycles. The number of hydrogen-bond donors (Lipinski definition) is 2. The van der Waals surface area contributed by atoms with Crippen LogP contribution in [0, 0.1) is 0 Å². The van der Waals surface area contributed by atoms with E-state index < -0.39 is 11.2 Å². The normalized spacial score (nSPS) is 11.8. The van der Waals surface area contributed by atoms with E-state index in [0.29, 0.717) is 24.4 Å². The summed E-state index contributed by atoms with van der Waals surface area (Å²) in [5.41, 5.74) is 5.34. The summed E-state index contributed by atoms with van der Waals surface area (Å²) in [6.07, 6.45) is -0.478. The molecule has 0 bridgehead atoms. The van der Waals surface area contributed by atoms with Gasteiger partial charge in [0.1, 0.15) is 0 Å². The third-order valence-corrected chi connectivity index (χ3v) is 3.00. The smallest absolute Gasteiger partial charge is 0.360 e. The lowest BCUT2D eigenvalue weighted by molar-refractivity contribution is -0.138. The summed E-state index contributed by atoms with van der Waals surface area (Å²) in [6.45, 7) is 1.29. The van der Waals surface area contributed by atoms with Crippen LogP contribution < -0.4 is 11.1 Å². The fourth-order valence-corrected chi connectivity index (χ4v) is 1.86. The molecule has 4 nitrogen and oxygen atoms in total. The number of unbranched alkanes of at least 4 members (excludes halogenated alkanes) is 3. The molecule has 0 aliphatic heterocycles. The minimum absolute atomic E-state index is 0.219. The van der Waals surface area contributed by atoms with E-state index in [1.807, 2.05) is 0 Å². The molecule has 1 rings (SSSR count). The lowest BCUT2D eigenvalue weighted by Gasteiger charge is -2.01. The average Bonchev–Trinajstić information content (AvgIpc) is 2.71. The lowest BCUT2D eigenvalue weighted by Crippen LogP contribution is -2.03. The Labute approximate surface area is 101 Å². The van der Waals surface area contributed by atoms with E-state index in [2.05, 4.69) is 15.5 Å². The van der Waals surface area contributed by atoms with Crippen molar-refractivity contribution in [2.75, 3.05) is 18.4 Å². The molecule has 17 heavy (non-hydrogen) atoms. The van der Waals surface area contributed by atoms with Crippen LogP contribution in [-0.4, -0.2) is 23.3 Å². The molecular formula is C9H15F3N4S. The number of nitrogens with one attached hydrogen (secondary N) is 1. The van der Waals surface area contributed by atoms with E-state index in [1.54, 1.807) is 0 Å². The molecule has 0 saturated heterocycles. The number of aromatic nitrogens is 2. The van der Waals surface area contributed by atoms with E-state index in [-0.39, 0.29) is 5.13 Å². The fraction of sp³-hybridized carbons (Fsp3) is 0.778. The average molecular weight is 268 g/mol. The van der Waals surface area contributed by atoms with Crippen LogP contribution >= 0.6 is 11.3 Å². The summed E-state index contributed by atoms with van der Waals surface area (Å²) < 4.78 is 36.6. The Kier molecular flexibility index (Phi) is 5.63. The Balaban J connectivity index is 2.21. The van der Waals surface area contributed by atoms with Crippen LogP contribution in [0.1, 0.15) is 30.7 Å². The van der Waals surface area contributed by atoms with Gasteiger partial charge in [0.2, 0.25) is 10.1 Å². The van der Waals surface area contributed by atoms with Gasteiger partial charge in [0.25, 0.3) is 0 Å². The minimum atomic E-state index is -4.40. The van der Waals surface area contributed by atoms with Crippen molar-refractivity contribution in [1.82, 2.24) is 10.2 Å². The van der Waals surface area contributed by atoms with Crippen molar-refractivity contribution in [1.29, 1.82) is 0 Å². The van der Waals surface area contributed by atoms with Crippen molar-refractivity contribution in [3.05, 3.63) is 5.01 Å². The number of alkyl halides is 3. The molecule has 0 aromatic carbocycles. The third-order valence-electron chi connectivity index (χ3n) is 2.07. The molecule has 0 aliphatic rings. The topological polar surface area (TPSA) is 63.8 Å². The van der Waals surface area contributed by atoms with Gasteiger partial charge in [-0.15, -0.1) is 10.2 Å². The van der Waals surface area contributed by atoms with E-state index in [1.165, 1.54) is 0 Å². The first kappa shape index (κ1) is 14.2. The SMILES string of the molecule is NCCCCCCNc1nnc(C(F)(F)F)s1. The number of nitrogens with two attached hydrogens (primary N) is 1. The first-order valence-corrected chi connectivity index (χ1v) is 6.20. The van der Waals surface area contributed by atoms with Crippen LogP contribution in [0.3, 0.4) is 0 Å². The van der Waals surface area contributed by atoms with Gasteiger partial charge in [-0.3, -0.25) is 0 Å². The summed E-state index contributed by atoms with van der Waals surface area (Å²) in [5, 5.41) is 8.65. The van der Waals surface area contributed by atoms with E-state index in [0.717, 1.165) is 25.7 Å². The Morgan fingerprint density at radius 2 is 1.82 bits per heavy atom. The Hall–Kier alpha value is -0.890. The van der Waals surface area contributed by atoms with Gasteiger partial charge >= 0.3 is 6.18 Å². The van der Waals surface area contributed by atoms with Gasteiger partial charge in [-0.25, -0.2) is 0 Å². The zero-order valence-corrected chi connectivity index (χ0v) is 10.1. The van der Waals surface area contributed by atoms with Crippen molar-refractivity contribution in [3.63, 3.8) is 0 Å². The molecule has 0 radical (unpaired) electrons. The second kappa shape index (κ2) is 6.75. The fourth-order valence-electron chi connectivity index (χ4n) is 1.23. The molecule has 0 unspecified atom stereocenters. The quantitative estimate of drug-likeness (QED) is 0.746. The second-order valence-electron chi connectivity index (χ2n) is 3.54. The molecule has 0 atom stereocenters. The van der Waals surface area contributed by atoms with Crippen LogP contribution in [-0.2, 0) is 6.18 Å². The van der Waals surface area contributed by atoms with Gasteiger partial charge in [-0.05, 0) is 19.4 Å². The van der Waals surface area contributed by atoms with Gasteiger partial charge in [0.05, 0.1) is 0 Å². The monoisotopic (exact) mass is 268 g/mol. The highest BCUT2D eigenvalue weighted by Gasteiger charge is 2.35. The molecule has 0 amide bonds. The molecule has 1 heterocycles.